The summed E-state index contributed by atoms with van der Waals surface area (Å²) in [6.07, 6.45) is 0. The summed E-state index contributed by atoms with van der Waals surface area (Å²) in [6.45, 7) is 9.54. The number of fused-ring (bicyclic) bond motifs is 11. The standard InChI is InChI=1S/C60H42/c1-59(2)52-25-12-10-20-48(52)58-49(23-14-26-53(58)59)57-43-19-8-7-18-42(43)56(46-32-31-45-38-16-6-5-15-37(38)41-21-13-22-44(46)55(41)45)47-30-28-35(33-50(47)57)36-27-29-40-39-17-9-11-24-51(39)60(3,4)54(40)34-36/h5-34H,1-4H3. The Morgan fingerprint density at radius 3 is 1.47 bits per heavy atom. The summed E-state index contributed by atoms with van der Waals surface area (Å²) in [4.78, 5) is 0. The second kappa shape index (κ2) is 11.8. The molecule has 0 N–H and O–H groups in total. The predicted octanol–water partition coefficient (Wildman–Crippen LogP) is 16.4. The van der Waals surface area contributed by atoms with Crippen LogP contribution in [0.1, 0.15) is 49.9 Å². The van der Waals surface area contributed by atoms with Gasteiger partial charge >= 0.3 is 0 Å². The summed E-state index contributed by atoms with van der Waals surface area (Å²) in [5, 5.41) is 7.79. The third-order valence-corrected chi connectivity index (χ3v) is 14.6. The van der Waals surface area contributed by atoms with Crippen molar-refractivity contribution in [3.63, 3.8) is 0 Å². The van der Waals surface area contributed by atoms with Crippen LogP contribution in [0.4, 0.5) is 0 Å². The Morgan fingerprint density at radius 1 is 0.250 bits per heavy atom. The van der Waals surface area contributed by atoms with E-state index in [0.717, 1.165) is 0 Å². The zero-order valence-corrected chi connectivity index (χ0v) is 34.3. The van der Waals surface area contributed by atoms with Gasteiger partial charge < -0.3 is 0 Å². The fourth-order valence-electron chi connectivity index (χ4n) is 11.8. The van der Waals surface area contributed by atoms with Crippen molar-refractivity contribution in [3.05, 3.63) is 204 Å². The summed E-state index contributed by atoms with van der Waals surface area (Å²) in [7, 11) is 0. The minimum absolute atomic E-state index is 0.0759. The molecule has 0 amide bonds. The molecule has 10 aromatic carbocycles. The Hall–Kier alpha value is -7.02. The van der Waals surface area contributed by atoms with E-state index in [1.165, 1.54) is 132 Å². The van der Waals surface area contributed by atoms with E-state index in [2.05, 4.69) is 210 Å². The fraction of sp³-hybridized carbons (Fsp3) is 0.100. The molecule has 0 spiro atoms. The van der Waals surface area contributed by atoms with Crippen LogP contribution in [0, 0.1) is 0 Å². The minimum Gasteiger partial charge on any atom is -0.0619 e. The van der Waals surface area contributed by atoms with Gasteiger partial charge in [0.15, 0.2) is 0 Å². The molecule has 0 saturated heterocycles. The first kappa shape index (κ1) is 33.9. The highest BCUT2D eigenvalue weighted by Gasteiger charge is 2.38. The Bertz CT molecular complexity index is 3510. The molecule has 0 aromatic heterocycles. The van der Waals surface area contributed by atoms with Crippen LogP contribution in [0.3, 0.4) is 0 Å². The lowest BCUT2D eigenvalue weighted by molar-refractivity contribution is 0.660. The minimum atomic E-state index is -0.102. The molecular formula is C60H42. The van der Waals surface area contributed by atoms with Gasteiger partial charge in [0.05, 0.1) is 0 Å². The van der Waals surface area contributed by atoms with Gasteiger partial charge in [0.2, 0.25) is 0 Å². The summed E-state index contributed by atoms with van der Waals surface area (Å²) in [5.41, 5.74) is 23.8. The first-order chi connectivity index (χ1) is 29.3. The van der Waals surface area contributed by atoms with Crippen molar-refractivity contribution < 1.29 is 0 Å². The summed E-state index contributed by atoms with van der Waals surface area (Å²) < 4.78 is 0. The molecule has 0 atom stereocenters. The smallest absolute Gasteiger partial charge is 0.0159 e. The Labute approximate surface area is 351 Å². The van der Waals surface area contributed by atoms with Crippen LogP contribution in [-0.4, -0.2) is 0 Å². The van der Waals surface area contributed by atoms with Gasteiger partial charge in [-0.2, -0.15) is 0 Å². The predicted molar refractivity (Wildman–Crippen MR) is 255 cm³/mol. The van der Waals surface area contributed by atoms with Crippen molar-refractivity contribution >= 4 is 32.3 Å². The highest BCUT2D eigenvalue weighted by Crippen LogP contribution is 2.57. The lowest BCUT2D eigenvalue weighted by Gasteiger charge is -2.23. The second-order valence-electron chi connectivity index (χ2n) is 18.3. The maximum absolute atomic E-state index is 2.51. The van der Waals surface area contributed by atoms with Gasteiger partial charge in [-0.25, -0.2) is 0 Å². The Kier molecular flexibility index (Phi) is 6.67. The highest BCUT2D eigenvalue weighted by atomic mass is 14.4. The van der Waals surface area contributed by atoms with Crippen LogP contribution in [0.15, 0.2) is 182 Å². The zero-order valence-electron chi connectivity index (χ0n) is 34.3. The van der Waals surface area contributed by atoms with E-state index in [1.54, 1.807) is 0 Å². The normalized spacial score (nSPS) is 14.6. The SMILES string of the molecule is CC1(C)c2ccccc2-c2ccc(-c3ccc4c(-c5ccc6c7c(cccc57)-c5ccccc5-6)c5ccccc5c(-c5cccc6c5-c5ccccc5C6(C)C)c4c3)cc21. The van der Waals surface area contributed by atoms with Crippen LogP contribution in [0.5, 0.6) is 0 Å². The molecule has 282 valence electrons. The topological polar surface area (TPSA) is 0 Å². The van der Waals surface area contributed by atoms with Gasteiger partial charge in [0.1, 0.15) is 0 Å². The van der Waals surface area contributed by atoms with Crippen molar-refractivity contribution in [2.75, 3.05) is 0 Å². The van der Waals surface area contributed by atoms with Crippen LogP contribution >= 0.6 is 0 Å². The molecule has 10 aromatic rings. The van der Waals surface area contributed by atoms with Crippen LogP contribution in [-0.2, 0) is 10.8 Å². The van der Waals surface area contributed by atoms with Crippen molar-refractivity contribution in [2.45, 2.75) is 38.5 Å². The van der Waals surface area contributed by atoms with E-state index in [9.17, 15) is 0 Å². The third kappa shape index (κ3) is 4.31. The molecule has 13 rings (SSSR count). The molecule has 0 saturated carbocycles. The van der Waals surface area contributed by atoms with E-state index in [0.29, 0.717) is 0 Å². The first-order valence-corrected chi connectivity index (χ1v) is 21.4. The molecular weight excluding hydrogens is 721 g/mol. The van der Waals surface area contributed by atoms with Gasteiger partial charge in [-0.05, 0) is 145 Å². The third-order valence-electron chi connectivity index (χ3n) is 14.6. The van der Waals surface area contributed by atoms with Gasteiger partial charge in [-0.3, -0.25) is 0 Å². The average molecular weight is 763 g/mol. The van der Waals surface area contributed by atoms with Crippen LogP contribution in [0.2, 0.25) is 0 Å². The van der Waals surface area contributed by atoms with E-state index < -0.39 is 0 Å². The summed E-state index contributed by atoms with van der Waals surface area (Å²) in [6, 6.07) is 69.3. The van der Waals surface area contributed by atoms with Gasteiger partial charge in [-0.15, -0.1) is 0 Å². The number of hydrogen-bond acceptors (Lipinski definition) is 0. The lowest BCUT2D eigenvalue weighted by atomic mass is 9.79. The summed E-state index contributed by atoms with van der Waals surface area (Å²) in [5.74, 6) is 0. The highest BCUT2D eigenvalue weighted by molar-refractivity contribution is 6.27. The first-order valence-electron chi connectivity index (χ1n) is 21.4. The monoisotopic (exact) mass is 762 g/mol. The number of rotatable bonds is 3. The molecule has 0 aliphatic heterocycles. The molecule has 60 heavy (non-hydrogen) atoms. The van der Waals surface area contributed by atoms with Crippen LogP contribution in [0.25, 0.3) is 110 Å². The van der Waals surface area contributed by atoms with E-state index in [-0.39, 0.29) is 10.8 Å². The molecule has 0 radical (unpaired) electrons. The van der Waals surface area contributed by atoms with E-state index in [4.69, 9.17) is 0 Å². The molecule has 3 aliphatic carbocycles. The van der Waals surface area contributed by atoms with Crippen molar-refractivity contribution in [1.82, 2.24) is 0 Å². The fourth-order valence-corrected chi connectivity index (χ4v) is 11.8. The molecule has 0 heterocycles. The average Bonchev–Trinajstić information content (AvgIpc) is 3.83. The second-order valence-corrected chi connectivity index (χ2v) is 18.3. The molecule has 0 fully saturated rings. The van der Waals surface area contributed by atoms with Crippen molar-refractivity contribution in [3.8, 4) is 77.9 Å². The van der Waals surface area contributed by atoms with Crippen molar-refractivity contribution in [2.24, 2.45) is 0 Å². The quantitative estimate of drug-likeness (QED) is 0.157. The summed E-state index contributed by atoms with van der Waals surface area (Å²) >= 11 is 0. The maximum atomic E-state index is 2.51. The van der Waals surface area contributed by atoms with E-state index >= 15 is 0 Å². The Morgan fingerprint density at radius 2 is 0.700 bits per heavy atom. The molecule has 3 aliphatic rings. The molecule has 0 unspecified atom stereocenters. The lowest BCUT2D eigenvalue weighted by Crippen LogP contribution is -2.14. The molecule has 0 bridgehead atoms. The zero-order chi connectivity index (χ0) is 40.1. The maximum Gasteiger partial charge on any atom is 0.0159 e. The van der Waals surface area contributed by atoms with E-state index in [1.807, 2.05) is 0 Å². The molecule has 0 heteroatoms. The largest absolute Gasteiger partial charge is 0.0619 e. The van der Waals surface area contributed by atoms with Gasteiger partial charge in [0, 0.05) is 10.8 Å². The van der Waals surface area contributed by atoms with Gasteiger partial charge in [0.25, 0.3) is 0 Å². The van der Waals surface area contributed by atoms with Gasteiger partial charge in [-0.1, -0.05) is 198 Å². The number of hydrogen-bond donors (Lipinski definition) is 0. The van der Waals surface area contributed by atoms with Crippen LogP contribution < -0.4 is 0 Å². The number of benzene rings is 10. The van der Waals surface area contributed by atoms with Crippen molar-refractivity contribution in [1.29, 1.82) is 0 Å². The molecule has 0 nitrogen and oxygen atoms in total. The Balaban J connectivity index is 1.14.